The molecule has 3 aromatic rings. The van der Waals surface area contributed by atoms with Gasteiger partial charge in [0.1, 0.15) is 5.75 Å². The Morgan fingerprint density at radius 2 is 2.11 bits per heavy atom. The van der Waals surface area contributed by atoms with Gasteiger partial charge in [0.15, 0.2) is 0 Å². The van der Waals surface area contributed by atoms with Crippen molar-refractivity contribution in [2.24, 2.45) is 0 Å². The number of nitrogens with zero attached hydrogens (tertiary/aromatic N) is 1. The van der Waals surface area contributed by atoms with Crippen LogP contribution in [-0.2, 0) is 0 Å². The standard InChI is InChI=1S/C23H25N3O2/c1-3-28-22-9-8-18(14-16(22)2)25-23(27)26-12-10-17(11-13-26)20-15-24-21-7-5-4-6-19(20)21/h4-10,14-15,24H,3,11-13H2,1-2H3,(H,25,27). The monoisotopic (exact) mass is 375 g/mol. The summed E-state index contributed by atoms with van der Waals surface area (Å²) in [6.07, 6.45) is 5.06. The number of aryl methyl sites for hydroxylation is 1. The third-order valence-corrected chi connectivity index (χ3v) is 5.16. The summed E-state index contributed by atoms with van der Waals surface area (Å²) in [5.74, 6) is 0.852. The number of H-pyrrole nitrogens is 1. The SMILES string of the molecule is CCOc1ccc(NC(=O)N2CC=C(c3c[nH]c4ccccc34)CC2)cc1C. The maximum atomic E-state index is 12.6. The van der Waals surface area contributed by atoms with Crippen molar-refractivity contribution in [2.75, 3.05) is 25.0 Å². The quantitative estimate of drug-likeness (QED) is 0.659. The third kappa shape index (κ3) is 3.60. The van der Waals surface area contributed by atoms with E-state index in [0.717, 1.165) is 28.9 Å². The highest BCUT2D eigenvalue weighted by Crippen LogP contribution is 2.29. The van der Waals surface area contributed by atoms with Gasteiger partial charge in [-0.05, 0) is 55.7 Å². The molecule has 0 saturated heterocycles. The predicted octanol–water partition coefficient (Wildman–Crippen LogP) is 5.20. The fourth-order valence-electron chi connectivity index (χ4n) is 3.68. The van der Waals surface area contributed by atoms with Crippen LogP contribution in [-0.4, -0.2) is 35.6 Å². The number of amides is 2. The fourth-order valence-corrected chi connectivity index (χ4v) is 3.68. The van der Waals surface area contributed by atoms with E-state index < -0.39 is 0 Å². The summed E-state index contributed by atoms with van der Waals surface area (Å²) in [7, 11) is 0. The third-order valence-electron chi connectivity index (χ3n) is 5.16. The lowest BCUT2D eigenvalue weighted by Gasteiger charge is -2.27. The van der Waals surface area contributed by atoms with Crippen LogP contribution in [0.15, 0.2) is 54.7 Å². The second-order valence-electron chi connectivity index (χ2n) is 7.02. The van der Waals surface area contributed by atoms with Gasteiger partial charge in [0, 0.05) is 41.4 Å². The van der Waals surface area contributed by atoms with Crippen LogP contribution in [0.2, 0.25) is 0 Å². The molecular formula is C23H25N3O2. The first-order chi connectivity index (χ1) is 13.7. The molecule has 28 heavy (non-hydrogen) atoms. The van der Waals surface area contributed by atoms with Gasteiger partial charge in [0.25, 0.3) is 0 Å². The number of aromatic nitrogens is 1. The Hall–Kier alpha value is -3.21. The van der Waals surface area contributed by atoms with Crippen LogP contribution in [0.25, 0.3) is 16.5 Å². The topological polar surface area (TPSA) is 57.4 Å². The van der Waals surface area contributed by atoms with Gasteiger partial charge in [0.2, 0.25) is 0 Å². The van der Waals surface area contributed by atoms with Gasteiger partial charge < -0.3 is 19.9 Å². The fraction of sp³-hybridized carbons (Fsp3) is 0.261. The van der Waals surface area contributed by atoms with E-state index in [0.29, 0.717) is 19.7 Å². The number of aromatic amines is 1. The normalized spacial score (nSPS) is 14.1. The number of carbonyl (C=O) groups excluding carboxylic acids is 1. The van der Waals surface area contributed by atoms with Gasteiger partial charge in [-0.3, -0.25) is 0 Å². The number of benzene rings is 2. The summed E-state index contributed by atoms with van der Waals surface area (Å²) in [4.78, 5) is 17.8. The molecule has 0 unspecified atom stereocenters. The lowest BCUT2D eigenvalue weighted by molar-refractivity contribution is 0.217. The summed E-state index contributed by atoms with van der Waals surface area (Å²) < 4.78 is 5.56. The molecule has 0 radical (unpaired) electrons. The molecule has 0 aliphatic carbocycles. The molecule has 0 spiro atoms. The van der Waals surface area contributed by atoms with Crippen LogP contribution in [0.4, 0.5) is 10.5 Å². The van der Waals surface area contributed by atoms with E-state index in [-0.39, 0.29) is 6.03 Å². The number of carbonyl (C=O) groups is 1. The van der Waals surface area contributed by atoms with Crippen molar-refractivity contribution < 1.29 is 9.53 Å². The van der Waals surface area contributed by atoms with Gasteiger partial charge >= 0.3 is 6.03 Å². The largest absolute Gasteiger partial charge is 0.494 e. The zero-order chi connectivity index (χ0) is 19.5. The second-order valence-corrected chi connectivity index (χ2v) is 7.02. The minimum Gasteiger partial charge on any atom is -0.494 e. The van der Waals surface area contributed by atoms with Gasteiger partial charge in [-0.25, -0.2) is 4.79 Å². The number of fused-ring (bicyclic) bond motifs is 1. The van der Waals surface area contributed by atoms with Crippen molar-refractivity contribution in [1.29, 1.82) is 0 Å². The molecule has 0 fully saturated rings. The lowest BCUT2D eigenvalue weighted by Crippen LogP contribution is -2.37. The highest BCUT2D eigenvalue weighted by molar-refractivity contribution is 5.94. The Morgan fingerprint density at radius 3 is 2.86 bits per heavy atom. The van der Waals surface area contributed by atoms with Gasteiger partial charge in [0.05, 0.1) is 6.61 Å². The Kier molecular flexibility index (Phi) is 5.06. The Labute approximate surface area is 165 Å². The number of urea groups is 1. The summed E-state index contributed by atoms with van der Waals surface area (Å²) >= 11 is 0. The first-order valence-electron chi connectivity index (χ1n) is 9.70. The molecule has 144 valence electrons. The molecule has 0 atom stereocenters. The maximum absolute atomic E-state index is 12.6. The van der Waals surface area contributed by atoms with Gasteiger partial charge in [-0.15, -0.1) is 0 Å². The number of para-hydroxylation sites is 1. The molecule has 2 N–H and O–H groups in total. The number of rotatable bonds is 4. The van der Waals surface area contributed by atoms with E-state index in [2.05, 4.69) is 40.8 Å². The van der Waals surface area contributed by atoms with Crippen molar-refractivity contribution >= 4 is 28.2 Å². The van der Waals surface area contributed by atoms with Crippen LogP contribution >= 0.6 is 0 Å². The van der Waals surface area contributed by atoms with E-state index in [4.69, 9.17) is 4.74 Å². The molecule has 2 amide bonds. The van der Waals surface area contributed by atoms with Crippen LogP contribution < -0.4 is 10.1 Å². The molecule has 1 aliphatic rings. The number of hydrogen-bond donors (Lipinski definition) is 2. The van der Waals surface area contributed by atoms with Crippen LogP contribution in [0, 0.1) is 6.92 Å². The molecule has 2 aromatic carbocycles. The summed E-state index contributed by atoms with van der Waals surface area (Å²) in [5.41, 5.74) is 5.47. The number of anilines is 1. The summed E-state index contributed by atoms with van der Waals surface area (Å²) in [5, 5.41) is 4.23. The maximum Gasteiger partial charge on any atom is 0.322 e. The van der Waals surface area contributed by atoms with E-state index in [1.54, 1.807) is 0 Å². The molecule has 5 heteroatoms. The Balaban J connectivity index is 1.43. The Morgan fingerprint density at radius 1 is 1.25 bits per heavy atom. The smallest absolute Gasteiger partial charge is 0.322 e. The molecule has 0 saturated carbocycles. The van der Waals surface area contributed by atoms with Gasteiger partial charge in [-0.2, -0.15) is 0 Å². The minimum absolute atomic E-state index is 0.0715. The van der Waals surface area contributed by atoms with Gasteiger partial charge in [-0.1, -0.05) is 24.3 Å². The van der Waals surface area contributed by atoms with Crippen molar-refractivity contribution in [3.63, 3.8) is 0 Å². The highest BCUT2D eigenvalue weighted by atomic mass is 16.5. The van der Waals surface area contributed by atoms with Crippen LogP contribution in [0.5, 0.6) is 5.75 Å². The molecule has 0 bridgehead atoms. The van der Waals surface area contributed by atoms with E-state index in [1.165, 1.54) is 16.5 Å². The minimum atomic E-state index is -0.0715. The lowest BCUT2D eigenvalue weighted by atomic mass is 9.99. The predicted molar refractivity (Wildman–Crippen MR) is 114 cm³/mol. The summed E-state index contributed by atoms with van der Waals surface area (Å²) in [6.45, 7) is 5.89. The average Bonchev–Trinajstić information content (AvgIpc) is 3.14. The molecule has 2 heterocycles. The highest BCUT2D eigenvalue weighted by Gasteiger charge is 2.19. The summed E-state index contributed by atoms with van der Waals surface area (Å²) in [6, 6.07) is 14.0. The molecule has 1 aromatic heterocycles. The van der Waals surface area contributed by atoms with Crippen molar-refractivity contribution in [2.45, 2.75) is 20.3 Å². The van der Waals surface area contributed by atoms with E-state index in [9.17, 15) is 4.79 Å². The zero-order valence-electron chi connectivity index (χ0n) is 16.3. The second kappa shape index (κ2) is 7.80. The molecule has 4 rings (SSSR count). The number of nitrogens with one attached hydrogen (secondary N) is 2. The number of hydrogen-bond acceptors (Lipinski definition) is 2. The van der Waals surface area contributed by atoms with Crippen molar-refractivity contribution in [3.05, 3.63) is 65.9 Å². The van der Waals surface area contributed by atoms with Crippen molar-refractivity contribution in [3.8, 4) is 5.75 Å². The van der Waals surface area contributed by atoms with Crippen LogP contribution in [0.3, 0.4) is 0 Å². The first-order valence-corrected chi connectivity index (χ1v) is 9.70. The first kappa shape index (κ1) is 18.2. The number of ether oxygens (including phenoxy) is 1. The van der Waals surface area contributed by atoms with E-state index >= 15 is 0 Å². The van der Waals surface area contributed by atoms with Crippen molar-refractivity contribution in [1.82, 2.24) is 9.88 Å². The van der Waals surface area contributed by atoms with Crippen LogP contribution in [0.1, 0.15) is 24.5 Å². The molecular weight excluding hydrogens is 350 g/mol. The molecule has 1 aliphatic heterocycles. The average molecular weight is 375 g/mol. The zero-order valence-corrected chi connectivity index (χ0v) is 16.3. The molecule has 5 nitrogen and oxygen atoms in total. The Bertz CT molecular complexity index is 1040. The van der Waals surface area contributed by atoms with E-state index in [1.807, 2.05) is 43.0 Å².